The fraction of sp³-hybridized carbons (Fsp3) is 1.00. The largest absolute Gasteiger partial charge is 0.317 e. The van der Waals surface area contributed by atoms with E-state index in [0.29, 0.717) is 6.54 Å². The summed E-state index contributed by atoms with van der Waals surface area (Å²) in [6.45, 7) is 0.642. The van der Waals surface area contributed by atoms with E-state index in [1.807, 2.05) is 5.48 Å². The maximum Gasteiger partial charge on any atom is 0.0215 e. The van der Waals surface area contributed by atoms with Gasteiger partial charge in [-0.25, -0.2) is 5.48 Å². The molecule has 0 radical (unpaired) electrons. The monoisotopic (exact) mass is 107 g/mol. The highest BCUT2D eigenvalue weighted by molar-refractivity contribution is 7.80. The first-order valence-corrected chi connectivity index (χ1v) is 2.53. The van der Waals surface area contributed by atoms with Crippen molar-refractivity contribution >= 4 is 12.6 Å². The number of hydrogen-bond acceptors (Lipinski definition) is 3. The zero-order valence-electron chi connectivity index (χ0n) is 3.52. The Morgan fingerprint density at radius 1 is 1.67 bits per heavy atom. The topological polar surface area (TPSA) is 32.3 Å². The summed E-state index contributed by atoms with van der Waals surface area (Å²) in [6, 6.07) is 0. The van der Waals surface area contributed by atoms with Gasteiger partial charge in [-0.05, 0) is 12.2 Å². The molecule has 0 unspecified atom stereocenters. The van der Waals surface area contributed by atoms with Crippen LogP contribution in [0, 0.1) is 0 Å². The maximum atomic E-state index is 7.91. The Bertz CT molecular complexity index is 22.8. The van der Waals surface area contributed by atoms with Gasteiger partial charge < -0.3 is 5.21 Å². The van der Waals surface area contributed by atoms with Gasteiger partial charge in [0.15, 0.2) is 0 Å². The van der Waals surface area contributed by atoms with Crippen LogP contribution in [-0.4, -0.2) is 17.5 Å². The van der Waals surface area contributed by atoms with Crippen molar-refractivity contribution in [3.8, 4) is 0 Å². The van der Waals surface area contributed by atoms with E-state index in [1.165, 1.54) is 0 Å². The molecule has 2 nitrogen and oxygen atoms in total. The molecular weight excluding hydrogens is 98.1 g/mol. The zero-order chi connectivity index (χ0) is 4.83. The number of hydroxylamine groups is 1. The first-order chi connectivity index (χ1) is 2.91. The lowest BCUT2D eigenvalue weighted by atomic mass is 10.5. The van der Waals surface area contributed by atoms with Crippen molar-refractivity contribution in [2.45, 2.75) is 6.42 Å². The highest BCUT2D eigenvalue weighted by Crippen LogP contribution is 1.77. The van der Waals surface area contributed by atoms with E-state index in [1.54, 1.807) is 0 Å². The van der Waals surface area contributed by atoms with Crippen LogP contribution < -0.4 is 5.48 Å². The Morgan fingerprint density at radius 3 is 2.50 bits per heavy atom. The average molecular weight is 107 g/mol. The minimum Gasteiger partial charge on any atom is -0.317 e. The van der Waals surface area contributed by atoms with Crippen LogP contribution in [0.5, 0.6) is 0 Å². The quantitative estimate of drug-likeness (QED) is 0.275. The molecule has 0 aliphatic carbocycles. The molecule has 2 N–H and O–H groups in total. The number of thiol groups is 1. The molecule has 0 spiro atoms. The predicted octanol–water partition coefficient (Wildman–Crippen LogP) is 0.285. The summed E-state index contributed by atoms with van der Waals surface area (Å²) >= 11 is 3.90. The van der Waals surface area contributed by atoms with Crippen LogP contribution >= 0.6 is 12.6 Å². The molecule has 0 heterocycles. The third-order valence-electron chi connectivity index (χ3n) is 0.447. The SMILES string of the molecule is ONCCCS. The van der Waals surface area contributed by atoms with Gasteiger partial charge in [0.1, 0.15) is 0 Å². The Kier molecular flexibility index (Phi) is 5.51. The summed E-state index contributed by atoms with van der Waals surface area (Å²) in [5.41, 5.74) is 2.02. The van der Waals surface area contributed by atoms with Crippen molar-refractivity contribution < 1.29 is 5.21 Å². The fourth-order valence-corrected chi connectivity index (χ4v) is 0.316. The summed E-state index contributed by atoms with van der Waals surface area (Å²) < 4.78 is 0. The highest BCUT2D eigenvalue weighted by atomic mass is 32.1. The van der Waals surface area contributed by atoms with Crippen LogP contribution in [0.4, 0.5) is 0 Å². The molecular formula is C3H9NOS. The smallest absolute Gasteiger partial charge is 0.0215 e. The Hall–Kier alpha value is 0.270. The molecule has 0 aromatic carbocycles. The van der Waals surface area contributed by atoms with Gasteiger partial charge in [-0.1, -0.05) is 0 Å². The van der Waals surface area contributed by atoms with Crippen LogP contribution in [0.25, 0.3) is 0 Å². The highest BCUT2D eigenvalue weighted by Gasteiger charge is 1.75. The van der Waals surface area contributed by atoms with E-state index in [-0.39, 0.29) is 0 Å². The average Bonchev–Trinajstić information content (AvgIpc) is 1.61. The van der Waals surface area contributed by atoms with Gasteiger partial charge in [0.25, 0.3) is 0 Å². The van der Waals surface area contributed by atoms with E-state index >= 15 is 0 Å². The van der Waals surface area contributed by atoms with Crippen molar-refractivity contribution in [3.63, 3.8) is 0 Å². The van der Waals surface area contributed by atoms with Crippen molar-refractivity contribution in [1.82, 2.24) is 5.48 Å². The summed E-state index contributed by atoms with van der Waals surface area (Å²) in [4.78, 5) is 0. The van der Waals surface area contributed by atoms with Gasteiger partial charge in [-0.3, -0.25) is 0 Å². The van der Waals surface area contributed by atoms with Crippen LogP contribution in [0.15, 0.2) is 0 Å². The molecule has 0 saturated heterocycles. The molecule has 3 heteroatoms. The van der Waals surface area contributed by atoms with Gasteiger partial charge >= 0.3 is 0 Å². The van der Waals surface area contributed by atoms with Crippen molar-refractivity contribution in [2.24, 2.45) is 0 Å². The van der Waals surface area contributed by atoms with E-state index in [0.717, 1.165) is 12.2 Å². The first kappa shape index (κ1) is 6.27. The van der Waals surface area contributed by atoms with E-state index < -0.39 is 0 Å². The second-order valence-corrected chi connectivity index (χ2v) is 1.43. The zero-order valence-corrected chi connectivity index (χ0v) is 4.41. The third-order valence-corrected chi connectivity index (χ3v) is 0.763. The fourth-order valence-electron chi connectivity index (χ4n) is 0.158. The molecule has 0 fully saturated rings. The molecule has 6 heavy (non-hydrogen) atoms. The van der Waals surface area contributed by atoms with Gasteiger partial charge in [-0.15, -0.1) is 0 Å². The summed E-state index contributed by atoms with van der Waals surface area (Å²) in [5.74, 6) is 0.827. The van der Waals surface area contributed by atoms with Crippen LogP contribution in [0.2, 0.25) is 0 Å². The van der Waals surface area contributed by atoms with Gasteiger partial charge in [0.05, 0.1) is 0 Å². The lowest BCUT2D eigenvalue weighted by Gasteiger charge is -1.88. The molecule has 0 rings (SSSR count). The molecule has 0 atom stereocenters. The van der Waals surface area contributed by atoms with Crippen LogP contribution in [0.1, 0.15) is 6.42 Å². The first-order valence-electron chi connectivity index (χ1n) is 1.89. The molecule has 38 valence electrons. The van der Waals surface area contributed by atoms with Crippen LogP contribution in [0.3, 0.4) is 0 Å². The van der Waals surface area contributed by atoms with Gasteiger partial charge in [0, 0.05) is 6.54 Å². The predicted molar refractivity (Wildman–Crippen MR) is 28.3 cm³/mol. The Labute approximate surface area is 42.9 Å². The molecule has 0 aromatic rings. The van der Waals surface area contributed by atoms with Crippen molar-refractivity contribution in [3.05, 3.63) is 0 Å². The molecule has 0 aliphatic rings. The number of nitrogens with one attached hydrogen (secondary N) is 1. The number of hydrogen-bond donors (Lipinski definition) is 3. The lowest BCUT2D eigenvalue weighted by molar-refractivity contribution is 0.167. The molecule has 0 aliphatic heterocycles. The Morgan fingerprint density at radius 2 is 2.33 bits per heavy atom. The number of rotatable bonds is 3. The minimum atomic E-state index is 0.642. The lowest BCUT2D eigenvalue weighted by Crippen LogP contribution is -2.08. The van der Waals surface area contributed by atoms with Gasteiger partial charge in [-0.2, -0.15) is 12.6 Å². The molecule has 0 amide bonds. The molecule has 0 aromatic heterocycles. The molecule has 0 bridgehead atoms. The van der Waals surface area contributed by atoms with E-state index in [2.05, 4.69) is 12.6 Å². The summed E-state index contributed by atoms with van der Waals surface area (Å²) in [5, 5.41) is 7.91. The summed E-state index contributed by atoms with van der Waals surface area (Å²) in [7, 11) is 0. The van der Waals surface area contributed by atoms with E-state index in [4.69, 9.17) is 5.21 Å². The Balaban J connectivity index is 2.34. The van der Waals surface area contributed by atoms with Crippen LogP contribution in [-0.2, 0) is 0 Å². The minimum absolute atomic E-state index is 0.642. The van der Waals surface area contributed by atoms with Crippen molar-refractivity contribution in [2.75, 3.05) is 12.3 Å². The summed E-state index contributed by atoms with van der Waals surface area (Å²) in [6.07, 6.45) is 0.916. The van der Waals surface area contributed by atoms with E-state index in [9.17, 15) is 0 Å². The molecule has 0 saturated carbocycles. The maximum absolute atomic E-state index is 7.91. The second-order valence-electron chi connectivity index (χ2n) is 0.985. The standard InChI is InChI=1S/C3H9NOS/c5-4-2-1-3-6/h4-6H,1-3H2. The third kappa shape index (κ3) is 4.27. The second kappa shape index (κ2) is 5.27. The normalized spacial score (nSPS) is 9.00. The van der Waals surface area contributed by atoms with Crippen molar-refractivity contribution in [1.29, 1.82) is 0 Å². The van der Waals surface area contributed by atoms with Gasteiger partial charge in [0.2, 0.25) is 0 Å².